The van der Waals surface area contributed by atoms with E-state index < -0.39 is 5.97 Å². The number of nitrogens with one attached hydrogen (secondary N) is 1. The lowest BCUT2D eigenvalue weighted by molar-refractivity contribution is 0.0696. The lowest BCUT2D eigenvalue weighted by atomic mass is 9.97. The predicted octanol–water partition coefficient (Wildman–Crippen LogP) is 3.74. The lowest BCUT2D eigenvalue weighted by Gasteiger charge is -2.07. The van der Waals surface area contributed by atoms with E-state index in [2.05, 4.69) is 4.98 Å². The molecule has 0 aliphatic carbocycles. The highest BCUT2D eigenvalue weighted by atomic mass is 16.4. The first kappa shape index (κ1) is 13.1. The van der Waals surface area contributed by atoms with Gasteiger partial charge in [-0.15, -0.1) is 0 Å². The zero-order chi connectivity index (χ0) is 15.0. The van der Waals surface area contributed by atoms with E-state index in [1.807, 2.05) is 24.4 Å². The average molecular weight is 279 g/mol. The van der Waals surface area contributed by atoms with E-state index in [0.717, 1.165) is 22.0 Å². The number of aromatic carboxylic acids is 1. The Bertz CT molecular complexity index is 844. The number of Topliss-reactive ketones (excluding diaryl/α,β-unsaturated/α-hetero) is 1. The summed E-state index contributed by atoms with van der Waals surface area (Å²) in [6, 6.07) is 12.3. The van der Waals surface area contributed by atoms with Crippen LogP contribution in [0.1, 0.15) is 27.6 Å². The molecule has 0 saturated carbocycles. The molecule has 1 heterocycles. The highest BCUT2D eigenvalue weighted by Crippen LogP contribution is 2.30. The Morgan fingerprint density at radius 3 is 2.33 bits per heavy atom. The SMILES string of the molecule is CC(=O)c1cc(-c2ccc(C(=O)O)cc2)c2cc[nH]c2c1. The van der Waals surface area contributed by atoms with Crippen LogP contribution in [0, 0.1) is 0 Å². The molecule has 0 amide bonds. The van der Waals surface area contributed by atoms with Crippen LogP contribution in [-0.2, 0) is 0 Å². The van der Waals surface area contributed by atoms with Crippen molar-refractivity contribution in [1.82, 2.24) is 4.98 Å². The van der Waals surface area contributed by atoms with Gasteiger partial charge in [0.1, 0.15) is 0 Å². The van der Waals surface area contributed by atoms with Crippen LogP contribution in [0.25, 0.3) is 22.0 Å². The fourth-order valence-corrected chi connectivity index (χ4v) is 2.40. The minimum absolute atomic E-state index is 0.00472. The lowest BCUT2D eigenvalue weighted by Crippen LogP contribution is -1.96. The zero-order valence-corrected chi connectivity index (χ0v) is 11.4. The van der Waals surface area contributed by atoms with Crippen molar-refractivity contribution in [3.8, 4) is 11.1 Å². The topological polar surface area (TPSA) is 70.2 Å². The zero-order valence-electron chi connectivity index (χ0n) is 11.4. The second-order valence-corrected chi connectivity index (χ2v) is 4.90. The van der Waals surface area contributed by atoms with E-state index in [1.165, 1.54) is 6.92 Å². The third-order valence-corrected chi connectivity index (χ3v) is 3.52. The molecule has 0 unspecified atom stereocenters. The number of benzene rings is 2. The molecule has 0 atom stereocenters. The van der Waals surface area contributed by atoms with Gasteiger partial charge < -0.3 is 10.1 Å². The molecule has 4 nitrogen and oxygen atoms in total. The van der Waals surface area contributed by atoms with E-state index >= 15 is 0 Å². The number of aromatic nitrogens is 1. The van der Waals surface area contributed by atoms with E-state index in [0.29, 0.717) is 5.56 Å². The van der Waals surface area contributed by atoms with Crippen LogP contribution in [0.15, 0.2) is 48.7 Å². The molecule has 104 valence electrons. The monoisotopic (exact) mass is 279 g/mol. The van der Waals surface area contributed by atoms with Crippen molar-refractivity contribution in [2.75, 3.05) is 0 Å². The van der Waals surface area contributed by atoms with Crippen molar-refractivity contribution in [2.45, 2.75) is 6.92 Å². The van der Waals surface area contributed by atoms with Gasteiger partial charge in [0.05, 0.1) is 5.56 Å². The van der Waals surface area contributed by atoms with Crippen molar-refractivity contribution in [2.24, 2.45) is 0 Å². The van der Waals surface area contributed by atoms with Crippen LogP contribution < -0.4 is 0 Å². The minimum atomic E-state index is -0.953. The fourth-order valence-electron chi connectivity index (χ4n) is 2.40. The number of ketones is 1. The number of hydrogen-bond donors (Lipinski definition) is 2. The molecule has 0 saturated heterocycles. The molecule has 3 rings (SSSR count). The summed E-state index contributed by atoms with van der Waals surface area (Å²) in [6.45, 7) is 1.53. The maximum atomic E-state index is 11.6. The second kappa shape index (κ2) is 4.90. The average Bonchev–Trinajstić information content (AvgIpc) is 2.94. The van der Waals surface area contributed by atoms with E-state index in [9.17, 15) is 9.59 Å². The summed E-state index contributed by atoms with van der Waals surface area (Å²) in [5.74, 6) is -0.958. The van der Waals surface area contributed by atoms with Gasteiger partial charge in [-0.3, -0.25) is 4.79 Å². The van der Waals surface area contributed by atoms with Crippen LogP contribution in [0.5, 0.6) is 0 Å². The number of fused-ring (bicyclic) bond motifs is 1. The molecule has 0 aliphatic heterocycles. The summed E-state index contributed by atoms with van der Waals surface area (Å²) < 4.78 is 0. The summed E-state index contributed by atoms with van der Waals surface area (Å²) in [7, 11) is 0. The number of carboxylic acids is 1. The van der Waals surface area contributed by atoms with Gasteiger partial charge in [0, 0.05) is 22.7 Å². The van der Waals surface area contributed by atoms with E-state index in [1.54, 1.807) is 24.3 Å². The molecular weight excluding hydrogens is 266 g/mol. The van der Waals surface area contributed by atoms with Gasteiger partial charge in [-0.1, -0.05) is 12.1 Å². The van der Waals surface area contributed by atoms with Gasteiger partial charge in [-0.2, -0.15) is 0 Å². The standard InChI is InChI=1S/C17H13NO3/c1-10(19)13-8-15(14-6-7-18-16(14)9-13)11-2-4-12(5-3-11)17(20)21/h2-9,18H,1H3,(H,20,21). The number of aromatic amines is 1. The number of carbonyl (C=O) groups is 2. The molecule has 4 heteroatoms. The quantitative estimate of drug-likeness (QED) is 0.717. The molecule has 0 bridgehead atoms. The molecular formula is C17H13NO3. The fraction of sp³-hybridized carbons (Fsp3) is 0.0588. The van der Waals surface area contributed by atoms with Gasteiger partial charge in [0.2, 0.25) is 0 Å². The largest absolute Gasteiger partial charge is 0.478 e. The van der Waals surface area contributed by atoms with Crippen molar-refractivity contribution >= 4 is 22.7 Å². The van der Waals surface area contributed by atoms with Crippen LogP contribution in [0.2, 0.25) is 0 Å². The van der Waals surface area contributed by atoms with Gasteiger partial charge in [-0.05, 0) is 48.4 Å². The van der Waals surface area contributed by atoms with E-state index in [-0.39, 0.29) is 11.3 Å². The molecule has 0 radical (unpaired) electrons. The normalized spacial score (nSPS) is 10.7. The highest BCUT2D eigenvalue weighted by molar-refractivity contribution is 6.04. The summed E-state index contributed by atoms with van der Waals surface area (Å²) in [6.07, 6.45) is 1.82. The van der Waals surface area contributed by atoms with Gasteiger partial charge in [0.15, 0.2) is 5.78 Å². The number of rotatable bonds is 3. The van der Waals surface area contributed by atoms with Crippen LogP contribution >= 0.6 is 0 Å². The summed E-state index contributed by atoms with van der Waals surface area (Å²) in [4.78, 5) is 25.7. The van der Waals surface area contributed by atoms with E-state index in [4.69, 9.17) is 5.11 Å². The van der Waals surface area contributed by atoms with Crippen LogP contribution in [0.3, 0.4) is 0 Å². The third-order valence-electron chi connectivity index (χ3n) is 3.52. The van der Waals surface area contributed by atoms with Crippen molar-refractivity contribution < 1.29 is 14.7 Å². The first-order chi connectivity index (χ1) is 10.1. The minimum Gasteiger partial charge on any atom is -0.478 e. The Balaban J connectivity index is 2.20. The molecule has 1 aromatic heterocycles. The third kappa shape index (κ3) is 2.31. The first-order valence-corrected chi connectivity index (χ1v) is 6.52. The number of carbonyl (C=O) groups excluding carboxylic acids is 1. The predicted molar refractivity (Wildman–Crippen MR) is 80.7 cm³/mol. The van der Waals surface area contributed by atoms with Crippen LogP contribution in [0.4, 0.5) is 0 Å². The molecule has 2 N–H and O–H groups in total. The Morgan fingerprint density at radius 1 is 1.00 bits per heavy atom. The molecule has 0 spiro atoms. The Labute approximate surface area is 121 Å². The first-order valence-electron chi connectivity index (χ1n) is 6.52. The molecule has 3 aromatic rings. The van der Waals surface area contributed by atoms with Crippen molar-refractivity contribution in [1.29, 1.82) is 0 Å². The Kier molecular flexibility index (Phi) is 3.06. The molecule has 21 heavy (non-hydrogen) atoms. The van der Waals surface area contributed by atoms with Gasteiger partial charge >= 0.3 is 5.97 Å². The van der Waals surface area contributed by atoms with Gasteiger partial charge in [0.25, 0.3) is 0 Å². The maximum absolute atomic E-state index is 11.6. The second-order valence-electron chi connectivity index (χ2n) is 4.90. The van der Waals surface area contributed by atoms with Crippen LogP contribution in [-0.4, -0.2) is 21.8 Å². The summed E-state index contributed by atoms with van der Waals surface area (Å²) in [5, 5.41) is 9.96. The molecule has 2 aromatic carbocycles. The summed E-state index contributed by atoms with van der Waals surface area (Å²) in [5.41, 5.74) is 3.55. The number of hydrogen-bond acceptors (Lipinski definition) is 2. The molecule has 0 aliphatic rings. The Morgan fingerprint density at radius 2 is 1.71 bits per heavy atom. The van der Waals surface area contributed by atoms with Crippen molar-refractivity contribution in [3.05, 3.63) is 59.8 Å². The smallest absolute Gasteiger partial charge is 0.335 e. The molecule has 0 fully saturated rings. The van der Waals surface area contributed by atoms with Crippen molar-refractivity contribution in [3.63, 3.8) is 0 Å². The maximum Gasteiger partial charge on any atom is 0.335 e. The Hall–Kier alpha value is -2.88. The highest BCUT2D eigenvalue weighted by Gasteiger charge is 2.10. The summed E-state index contributed by atoms with van der Waals surface area (Å²) >= 11 is 0. The number of H-pyrrole nitrogens is 1. The van der Waals surface area contributed by atoms with Gasteiger partial charge in [-0.25, -0.2) is 4.79 Å². The number of carboxylic acid groups (broad SMARTS) is 1.